The molecule has 0 radical (unpaired) electrons. The molecule has 0 bridgehead atoms. The van der Waals surface area contributed by atoms with Crippen LogP contribution in [-0.2, 0) is 18.9 Å². The average molecular weight is 295 g/mol. The molecule has 0 saturated heterocycles. The summed E-state index contributed by atoms with van der Waals surface area (Å²) in [4.78, 5) is 0. The topological polar surface area (TPSA) is 77.2 Å². The quantitative estimate of drug-likeness (QED) is 0.873. The first-order chi connectivity index (χ1) is 9.00. The predicted molar refractivity (Wildman–Crippen MR) is 76.0 cm³/mol. The largest absolute Gasteiger partial charge is 0.291 e. The van der Waals surface area contributed by atoms with Crippen LogP contribution >= 0.6 is 0 Å². The van der Waals surface area contributed by atoms with E-state index in [0.29, 0.717) is 11.1 Å². The monoisotopic (exact) mass is 295 g/mol. The zero-order valence-corrected chi connectivity index (χ0v) is 11.6. The van der Waals surface area contributed by atoms with E-state index < -0.39 is 24.1 Å². The Morgan fingerprint density at radius 2 is 1.21 bits per heavy atom. The van der Waals surface area contributed by atoms with Gasteiger partial charge in [0.25, 0.3) is 9.06 Å². The van der Waals surface area contributed by atoms with E-state index in [0.717, 1.165) is 0 Å². The predicted octanol–water partition coefficient (Wildman–Crippen LogP) is 1.73. The Balaban J connectivity index is 2.56. The Morgan fingerprint density at radius 3 is 1.53 bits per heavy atom. The first kappa shape index (κ1) is 13.9. The van der Waals surface area contributed by atoms with Crippen LogP contribution in [0.3, 0.4) is 0 Å². The number of rotatable bonds is 4. The minimum atomic E-state index is -4.13. The van der Waals surface area contributed by atoms with Crippen molar-refractivity contribution in [2.24, 2.45) is 5.14 Å². The Hall–Kier alpha value is -1.50. The van der Waals surface area contributed by atoms with Gasteiger partial charge in [0.1, 0.15) is 5.25 Å². The van der Waals surface area contributed by atoms with E-state index in [9.17, 15) is 12.6 Å². The highest BCUT2D eigenvalue weighted by Crippen LogP contribution is 2.29. The molecule has 1 unspecified atom stereocenters. The van der Waals surface area contributed by atoms with Crippen molar-refractivity contribution in [1.29, 1.82) is 0 Å². The summed E-state index contributed by atoms with van der Waals surface area (Å²) in [6.45, 7) is 0. The molecule has 0 aliphatic rings. The van der Waals surface area contributed by atoms with Gasteiger partial charge in [-0.3, -0.25) is 0 Å². The fourth-order valence-electron chi connectivity index (χ4n) is 1.80. The van der Waals surface area contributed by atoms with E-state index in [1.54, 1.807) is 48.5 Å². The average Bonchev–Trinajstić information content (AvgIpc) is 2.40. The first-order valence-corrected chi connectivity index (χ1v) is 8.81. The Labute approximate surface area is 114 Å². The lowest BCUT2D eigenvalue weighted by molar-refractivity contribution is 0.606. The molecule has 0 amide bonds. The molecule has 0 fully saturated rings. The molecule has 0 spiro atoms. The van der Waals surface area contributed by atoms with E-state index in [2.05, 4.69) is 0 Å². The van der Waals surface area contributed by atoms with Gasteiger partial charge in [0, 0.05) is 0 Å². The van der Waals surface area contributed by atoms with Crippen molar-refractivity contribution in [2.45, 2.75) is 5.25 Å². The van der Waals surface area contributed by atoms with Gasteiger partial charge < -0.3 is 0 Å². The highest BCUT2D eigenvalue weighted by Gasteiger charge is 2.28. The fraction of sp³-hybridized carbons (Fsp3) is 0.0769. The molecule has 0 aromatic heterocycles. The number of hydrogen-bond donors (Lipinski definition) is 1. The first-order valence-electron chi connectivity index (χ1n) is 5.54. The van der Waals surface area contributed by atoms with Crippen LogP contribution in [0.5, 0.6) is 0 Å². The van der Waals surface area contributed by atoms with Crippen LogP contribution < -0.4 is 5.14 Å². The van der Waals surface area contributed by atoms with Crippen LogP contribution in [0.15, 0.2) is 60.7 Å². The summed E-state index contributed by atoms with van der Waals surface area (Å²) in [5.41, 5.74) is 1.31. The Morgan fingerprint density at radius 1 is 0.842 bits per heavy atom. The normalized spacial score (nSPS) is 13.4. The second-order valence-corrected chi connectivity index (χ2v) is 8.31. The number of benzene rings is 2. The third-order valence-electron chi connectivity index (χ3n) is 2.63. The summed E-state index contributed by atoms with van der Waals surface area (Å²) < 4.78 is 35.0. The Bertz CT molecular complexity index is 630. The maximum absolute atomic E-state index is 12.2. The van der Waals surface area contributed by atoms with Crippen molar-refractivity contribution in [3.8, 4) is 0 Å². The van der Waals surface area contributed by atoms with E-state index in [-0.39, 0.29) is 0 Å². The van der Waals surface area contributed by atoms with Crippen molar-refractivity contribution >= 4 is 18.9 Å². The van der Waals surface area contributed by atoms with Crippen molar-refractivity contribution in [3.05, 3.63) is 71.8 Å². The zero-order valence-electron chi connectivity index (χ0n) is 9.97. The lowest BCUT2D eigenvalue weighted by Gasteiger charge is -2.15. The van der Waals surface area contributed by atoms with Crippen LogP contribution in [0.2, 0.25) is 0 Å². The van der Waals surface area contributed by atoms with Crippen molar-refractivity contribution in [3.63, 3.8) is 0 Å². The maximum Gasteiger partial charge on any atom is 0.291 e. The van der Waals surface area contributed by atoms with Gasteiger partial charge >= 0.3 is 0 Å². The molecule has 2 N–H and O–H groups in total. The standard InChI is InChI=1S/C13H13NO3S2/c14-19(16,17)18(15)13(11-7-3-1-4-8-11)12-9-5-2-6-10-12/h1-10,13H,(H2,14,16,17). The van der Waals surface area contributed by atoms with Crippen molar-refractivity contribution in [2.75, 3.05) is 0 Å². The van der Waals surface area contributed by atoms with E-state index >= 15 is 0 Å². The molecule has 6 heteroatoms. The van der Waals surface area contributed by atoms with E-state index in [1.807, 2.05) is 12.1 Å². The molecule has 1 atom stereocenters. The van der Waals surface area contributed by atoms with Crippen molar-refractivity contribution in [1.82, 2.24) is 0 Å². The van der Waals surface area contributed by atoms with Crippen LogP contribution in [0.25, 0.3) is 0 Å². The molecule has 2 rings (SSSR count). The van der Waals surface area contributed by atoms with Gasteiger partial charge in [0.2, 0.25) is 0 Å². The summed E-state index contributed by atoms with van der Waals surface area (Å²) >= 11 is 0. The lowest BCUT2D eigenvalue weighted by atomic mass is 10.0. The molecule has 0 saturated carbocycles. The van der Waals surface area contributed by atoms with Gasteiger partial charge in [0.15, 0.2) is 9.83 Å². The fourth-order valence-corrected chi connectivity index (χ4v) is 4.30. The SMILES string of the molecule is NS(=O)(=O)S(=O)C(c1ccccc1)c1ccccc1. The second-order valence-electron chi connectivity index (χ2n) is 3.95. The van der Waals surface area contributed by atoms with Crippen LogP contribution in [0.1, 0.15) is 16.4 Å². The summed E-state index contributed by atoms with van der Waals surface area (Å²) in [6.07, 6.45) is 0. The molecule has 19 heavy (non-hydrogen) atoms. The highest BCUT2D eigenvalue weighted by molar-refractivity contribution is 8.63. The Kier molecular flexibility index (Phi) is 4.14. The summed E-state index contributed by atoms with van der Waals surface area (Å²) in [6, 6.07) is 17.6. The van der Waals surface area contributed by atoms with Gasteiger partial charge in [-0.2, -0.15) is 8.42 Å². The van der Waals surface area contributed by atoms with E-state index in [4.69, 9.17) is 5.14 Å². The molecular weight excluding hydrogens is 282 g/mol. The number of hydrogen-bond acceptors (Lipinski definition) is 3. The molecule has 0 heterocycles. The van der Waals surface area contributed by atoms with Gasteiger partial charge in [-0.25, -0.2) is 9.35 Å². The van der Waals surface area contributed by atoms with Gasteiger partial charge in [-0.15, -0.1) is 0 Å². The minimum Gasteiger partial charge on any atom is -0.241 e. The summed E-state index contributed by atoms with van der Waals surface area (Å²) in [5.74, 6) is 0. The van der Waals surface area contributed by atoms with Crippen LogP contribution in [0.4, 0.5) is 0 Å². The molecule has 100 valence electrons. The third-order valence-corrected chi connectivity index (χ3v) is 5.96. The zero-order chi connectivity index (χ0) is 13.9. The van der Waals surface area contributed by atoms with Crippen LogP contribution in [0, 0.1) is 0 Å². The van der Waals surface area contributed by atoms with Gasteiger partial charge in [-0.1, -0.05) is 60.7 Å². The molecule has 2 aromatic carbocycles. The molecule has 4 nitrogen and oxygen atoms in total. The van der Waals surface area contributed by atoms with Crippen LogP contribution in [-0.4, -0.2) is 12.6 Å². The molecule has 2 aromatic rings. The smallest absolute Gasteiger partial charge is 0.241 e. The van der Waals surface area contributed by atoms with Gasteiger partial charge in [0.05, 0.1) is 0 Å². The highest BCUT2D eigenvalue weighted by atomic mass is 33.2. The van der Waals surface area contributed by atoms with E-state index in [1.165, 1.54) is 0 Å². The van der Waals surface area contributed by atoms with Gasteiger partial charge in [-0.05, 0) is 11.1 Å². The molecule has 0 aliphatic carbocycles. The third kappa shape index (κ3) is 3.28. The molecule has 0 aliphatic heterocycles. The summed E-state index contributed by atoms with van der Waals surface area (Å²) in [7, 11) is -6.35. The lowest BCUT2D eigenvalue weighted by Crippen LogP contribution is -2.23. The van der Waals surface area contributed by atoms with Crippen molar-refractivity contribution < 1.29 is 12.6 Å². The second kappa shape index (κ2) is 5.64. The summed E-state index contributed by atoms with van der Waals surface area (Å²) in [5, 5.41) is 4.25. The minimum absolute atomic E-state index is 0.654. The maximum atomic E-state index is 12.2. The number of nitrogens with two attached hydrogens (primary N) is 1. The molecular formula is C13H13NO3S2.